The van der Waals surface area contributed by atoms with Crippen LogP contribution in [0.5, 0.6) is 5.75 Å². The van der Waals surface area contributed by atoms with E-state index in [4.69, 9.17) is 10.00 Å². The molecule has 0 spiro atoms. The van der Waals surface area contributed by atoms with Gasteiger partial charge in [-0.05, 0) is 30.9 Å². The highest BCUT2D eigenvalue weighted by atomic mass is 16.6. The summed E-state index contributed by atoms with van der Waals surface area (Å²) in [6.07, 6.45) is 1.96. The largest absolute Gasteiger partial charge is 0.493 e. The normalized spacial score (nSPS) is 10.1. The maximum Gasteiger partial charge on any atom is 0.290 e. The van der Waals surface area contributed by atoms with Gasteiger partial charge in [-0.15, -0.1) is 0 Å². The second kappa shape index (κ2) is 6.60. The Kier molecular flexibility index (Phi) is 5.12. The Hall–Kier alpha value is -2.09. The highest BCUT2D eigenvalue weighted by Gasteiger charge is 2.14. The lowest BCUT2D eigenvalue weighted by Crippen LogP contribution is -2.00. The minimum absolute atomic E-state index is 0.0505. The third-order valence-electron chi connectivity index (χ3n) is 2.48. The molecule has 0 amide bonds. The Labute approximate surface area is 106 Å². The average molecular weight is 248 g/mol. The summed E-state index contributed by atoms with van der Waals surface area (Å²) in [5.74, 6) is 1.05. The Morgan fingerprint density at radius 3 is 2.78 bits per heavy atom. The highest BCUT2D eigenvalue weighted by molar-refractivity contribution is 5.52. The van der Waals surface area contributed by atoms with Crippen molar-refractivity contribution in [1.82, 2.24) is 0 Å². The first-order valence-corrected chi connectivity index (χ1v) is 5.86. The predicted molar refractivity (Wildman–Crippen MR) is 67.4 cm³/mol. The van der Waals surface area contributed by atoms with Crippen molar-refractivity contribution < 1.29 is 9.66 Å². The van der Waals surface area contributed by atoms with Crippen LogP contribution in [0.15, 0.2) is 18.2 Å². The van der Waals surface area contributed by atoms with Crippen LogP contribution in [0.25, 0.3) is 0 Å². The number of hydrogen-bond acceptors (Lipinski definition) is 4. The van der Waals surface area contributed by atoms with Crippen LogP contribution in [0, 0.1) is 27.4 Å². The molecule has 1 aromatic carbocycles. The van der Waals surface area contributed by atoms with E-state index in [1.165, 1.54) is 12.1 Å². The van der Waals surface area contributed by atoms with Crippen LogP contribution in [0.1, 0.15) is 32.3 Å². The molecule has 1 aromatic rings. The van der Waals surface area contributed by atoms with Gasteiger partial charge in [0.15, 0.2) is 0 Å². The first kappa shape index (κ1) is 14.0. The summed E-state index contributed by atoms with van der Waals surface area (Å²) in [7, 11) is 0. The average Bonchev–Trinajstić information content (AvgIpc) is 2.34. The van der Waals surface area contributed by atoms with Crippen LogP contribution >= 0.6 is 0 Å². The van der Waals surface area contributed by atoms with Crippen LogP contribution in [0.4, 0.5) is 5.69 Å². The molecule has 0 bridgehead atoms. The Balaban J connectivity index is 2.65. The number of nitro groups is 1. The maximum atomic E-state index is 10.8. The molecule has 0 aliphatic rings. The Bertz CT molecular complexity index is 464. The summed E-state index contributed by atoms with van der Waals surface area (Å²) < 4.78 is 5.43. The van der Waals surface area contributed by atoms with E-state index in [2.05, 4.69) is 13.8 Å². The molecule has 0 heterocycles. The van der Waals surface area contributed by atoms with Gasteiger partial charge < -0.3 is 4.74 Å². The second-order valence-electron chi connectivity index (χ2n) is 4.43. The maximum absolute atomic E-state index is 10.8. The van der Waals surface area contributed by atoms with Crippen LogP contribution < -0.4 is 4.74 Å². The van der Waals surface area contributed by atoms with Crippen molar-refractivity contribution in [3.63, 3.8) is 0 Å². The molecule has 1 rings (SSSR count). The van der Waals surface area contributed by atoms with E-state index in [-0.39, 0.29) is 11.3 Å². The van der Waals surface area contributed by atoms with Gasteiger partial charge in [0.25, 0.3) is 5.69 Å². The first-order chi connectivity index (χ1) is 8.54. The van der Waals surface area contributed by atoms with Gasteiger partial charge in [-0.25, -0.2) is 0 Å². The van der Waals surface area contributed by atoms with E-state index >= 15 is 0 Å². The van der Waals surface area contributed by atoms with Crippen molar-refractivity contribution in [3.8, 4) is 11.8 Å². The van der Waals surface area contributed by atoms with Gasteiger partial charge in [0.05, 0.1) is 17.6 Å². The number of rotatable bonds is 6. The Morgan fingerprint density at radius 2 is 2.22 bits per heavy atom. The third-order valence-corrected chi connectivity index (χ3v) is 2.48. The third kappa shape index (κ3) is 4.06. The van der Waals surface area contributed by atoms with Crippen LogP contribution in [0.2, 0.25) is 0 Å². The fraction of sp³-hybridized carbons (Fsp3) is 0.462. The predicted octanol–water partition coefficient (Wildman–Crippen LogP) is 3.28. The summed E-state index contributed by atoms with van der Waals surface area (Å²) in [6, 6.07) is 6.09. The molecular weight excluding hydrogens is 232 g/mol. The smallest absolute Gasteiger partial charge is 0.290 e. The minimum atomic E-state index is -0.570. The molecule has 0 unspecified atom stereocenters. The van der Waals surface area contributed by atoms with E-state index in [0.29, 0.717) is 18.3 Å². The summed E-state index contributed by atoms with van der Waals surface area (Å²) in [4.78, 5) is 10.2. The summed E-state index contributed by atoms with van der Waals surface area (Å²) in [5.41, 5.74) is -0.159. The highest BCUT2D eigenvalue weighted by Crippen LogP contribution is 2.24. The lowest BCUT2D eigenvalue weighted by Gasteiger charge is -2.07. The fourth-order valence-corrected chi connectivity index (χ4v) is 1.53. The molecule has 18 heavy (non-hydrogen) atoms. The number of nitriles is 1. The van der Waals surface area contributed by atoms with Gasteiger partial charge in [0.2, 0.25) is 0 Å². The van der Waals surface area contributed by atoms with Crippen LogP contribution in [0.3, 0.4) is 0 Å². The molecule has 0 saturated carbocycles. The van der Waals surface area contributed by atoms with Crippen molar-refractivity contribution in [2.24, 2.45) is 5.92 Å². The second-order valence-corrected chi connectivity index (χ2v) is 4.43. The molecule has 0 saturated heterocycles. The number of ether oxygens (including phenoxy) is 1. The zero-order chi connectivity index (χ0) is 13.5. The molecule has 0 atom stereocenters. The lowest BCUT2D eigenvalue weighted by molar-refractivity contribution is -0.385. The minimum Gasteiger partial charge on any atom is -0.493 e. The molecule has 0 aliphatic heterocycles. The van der Waals surface area contributed by atoms with Crippen molar-refractivity contribution in [2.45, 2.75) is 26.7 Å². The van der Waals surface area contributed by atoms with Crippen molar-refractivity contribution >= 4 is 5.69 Å². The van der Waals surface area contributed by atoms with Crippen molar-refractivity contribution in [3.05, 3.63) is 33.9 Å². The number of nitrogens with zero attached hydrogens (tertiary/aromatic N) is 2. The lowest BCUT2D eigenvalue weighted by atomic mass is 10.1. The van der Waals surface area contributed by atoms with Gasteiger partial charge in [0, 0.05) is 0 Å². The van der Waals surface area contributed by atoms with Crippen molar-refractivity contribution in [2.75, 3.05) is 6.61 Å². The molecule has 0 fully saturated rings. The van der Waals surface area contributed by atoms with Gasteiger partial charge in [-0.3, -0.25) is 10.1 Å². The molecule has 0 aromatic heterocycles. The molecule has 0 aliphatic carbocycles. The quantitative estimate of drug-likeness (QED) is 0.439. The number of benzene rings is 1. The summed E-state index contributed by atoms with van der Waals surface area (Å²) in [6.45, 7) is 4.79. The Morgan fingerprint density at radius 1 is 1.50 bits per heavy atom. The van der Waals surface area contributed by atoms with Crippen molar-refractivity contribution in [1.29, 1.82) is 5.26 Å². The van der Waals surface area contributed by atoms with Crippen LogP contribution in [-0.2, 0) is 0 Å². The fourth-order valence-electron chi connectivity index (χ4n) is 1.53. The monoisotopic (exact) mass is 248 g/mol. The molecule has 5 nitrogen and oxygen atoms in total. The molecule has 96 valence electrons. The molecule has 0 radical (unpaired) electrons. The van der Waals surface area contributed by atoms with Gasteiger partial charge >= 0.3 is 0 Å². The standard InChI is InChI=1S/C13H16N2O3/c1-10(2)4-3-7-18-12-6-5-11(9-14)13(8-12)15(16)17/h5-6,8,10H,3-4,7H2,1-2H3. The van der Waals surface area contributed by atoms with E-state index < -0.39 is 4.92 Å². The van der Waals surface area contributed by atoms with E-state index in [9.17, 15) is 10.1 Å². The summed E-state index contributed by atoms with van der Waals surface area (Å²) in [5, 5.41) is 19.5. The van der Waals surface area contributed by atoms with E-state index in [0.717, 1.165) is 12.8 Å². The first-order valence-electron chi connectivity index (χ1n) is 5.86. The number of hydrogen-bond donors (Lipinski definition) is 0. The van der Waals surface area contributed by atoms with Crippen LogP contribution in [-0.4, -0.2) is 11.5 Å². The van der Waals surface area contributed by atoms with E-state index in [1.807, 2.05) is 0 Å². The van der Waals surface area contributed by atoms with E-state index in [1.54, 1.807) is 12.1 Å². The molecule has 0 N–H and O–H groups in total. The summed E-state index contributed by atoms with van der Waals surface area (Å²) >= 11 is 0. The topological polar surface area (TPSA) is 76.2 Å². The van der Waals surface area contributed by atoms with Gasteiger partial charge in [0.1, 0.15) is 17.4 Å². The number of nitro benzene ring substituents is 1. The van der Waals surface area contributed by atoms with Gasteiger partial charge in [-0.1, -0.05) is 13.8 Å². The zero-order valence-electron chi connectivity index (χ0n) is 10.5. The molecular formula is C13H16N2O3. The SMILES string of the molecule is CC(C)CCCOc1ccc(C#N)c([N+](=O)[O-])c1. The molecule has 5 heteroatoms. The van der Waals surface area contributed by atoms with Gasteiger partial charge in [-0.2, -0.15) is 5.26 Å². The zero-order valence-corrected chi connectivity index (χ0v) is 10.5.